The maximum atomic E-state index is 12.1. The number of ether oxygens (including phenoxy) is 2. The Morgan fingerprint density at radius 1 is 1.14 bits per heavy atom. The normalized spacial score (nSPS) is 13.2. The molecule has 1 aromatic carbocycles. The Hall–Kier alpha value is -2.28. The third-order valence-corrected chi connectivity index (χ3v) is 3.25. The summed E-state index contributed by atoms with van der Waals surface area (Å²) in [6, 6.07) is 2.60. The third kappa shape index (κ3) is 3.85. The van der Waals surface area contributed by atoms with Gasteiger partial charge in [-0.05, 0) is 13.0 Å². The van der Waals surface area contributed by atoms with Crippen LogP contribution in [0.4, 0.5) is 5.69 Å². The molecule has 0 aliphatic rings. The number of carbonyl (C=O) groups excluding carboxylic acids is 2. The maximum Gasteiger partial charge on any atom is 0.250 e. The molecular formula is C14H21N3O4. The van der Waals surface area contributed by atoms with E-state index in [2.05, 4.69) is 5.32 Å². The Morgan fingerprint density at radius 3 is 2.10 bits per heavy atom. The molecule has 7 nitrogen and oxygen atoms in total. The Kier molecular flexibility index (Phi) is 5.54. The summed E-state index contributed by atoms with van der Waals surface area (Å²) in [5.41, 5.74) is 11.4. The molecule has 5 N–H and O–H groups in total. The second-order valence-corrected chi connectivity index (χ2v) is 4.75. The maximum absolute atomic E-state index is 12.1. The van der Waals surface area contributed by atoms with Crippen molar-refractivity contribution in [2.75, 3.05) is 19.5 Å². The quantitative estimate of drug-likeness (QED) is 0.715. The predicted molar refractivity (Wildman–Crippen MR) is 79.5 cm³/mol. The van der Waals surface area contributed by atoms with E-state index in [0.29, 0.717) is 11.5 Å². The molecule has 0 bridgehead atoms. The van der Waals surface area contributed by atoms with Crippen molar-refractivity contribution >= 4 is 17.5 Å². The minimum atomic E-state index is -0.681. The lowest BCUT2D eigenvalue weighted by Gasteiger charge is -2.18. The fraction of sp³-hybridized carbons (Fsp3) is 0.429. The van der Waals surface area contributed by atoms with Crippen LogP contribution >= 0.6 is 0 Å². The molecule has 0 aliphatic carbocycles. The summed E-state index contributed by atoms with van der Waals surface area (Å²) < 4.78 is 10.3. The van der Waals surface area contributed by atoms with E-state index >= 15 is 0 Å². The van der Waals surface area contributed by atoms with Crippen LogP contribution in [0.15, 0.2) is 12.1 Å². The van der Waals surface area contributed by atoms with Crippen LogP contribution < -0.4 is 26.3 Å². The standard InChI is InChI=1S/C14H21N3O4/c1-7(8(2)15)14(19)17-10-6-12(21-4)11(20-3)5-9(10)13(16)18/h5-8H,15H2,1-4H3,(H2,16,18)(H,17,19). The lowest BCUT2D eigenvalue weighted by atomic mass is 10.0. The van der Waals surface area contributed by atoms with Gasteiger partial charge in [-0.1, -0.05) is 6.92 Å². The molecule has 0 spiro atoms. The number of carbonyl (C=O) groups is 2. The molecule has 0 fully saturated rings. The molecule has 0 radical (unpaired) electrons. The number of rotatable bonds is 6. The number of hydrogen-bond donors (Lipinski definition) is 3. The minimum Gasteiger partial charge on any atom is -0.493 e. The van der Waals surface area contributed by atoms with Crippen LogP contribution in [0.25, 0.3) is 0 Å². The number of hydrogen-bond acceptors (Lipinski definition) is 5. The van der Waals surface area contributed by atoms with E-state index in [9.17, 15) is 9.59 Å². The lowest BCUT2D eigenvalue weighted by Crippen LogP contribution is -2.34. The predicted octanol–water partition coefficient (Wildman–Crippen LogP) is 0.725. The van der Waals surface area contributed by atoms with Gasteiger partial charge in [0.2, 0.25) is 5.91 Å². The largest absolute Gasteiger partial charge is 0.493 e. The third-order valence-electron chi connectivity index (χ3n) is 3.25. The number of nitrogens with two attached hydrogens (primary N) is 2. The second kappa shape index (κ2) is 6.94. The molecule has 0 aliphatic heterocycles. The van der Waals surface area contributed by atoms with E-state index in [-0.39, 0.29) is 23.2 Å². The molecule has 1 rings (SSSR count). The highest BCUT2D eigenvalue weighted by atomic mass is 16.5. The fourth-order valence-electron chi connectivity index (χ4n) is 1.67. The summed E-state index contributed by atoms with van der Waals surface area (Å²) >= 11 is 0. The lowest BCUT2D eigenvalue weighted by molar-refractivity contribution is -0.119. The van der Waals surface area contributed by atoms with Crippen LogP contribution in [0.3, 0.4) is 0 Å². The van der Waals surface area contributed by atoms with Gasteiger partial charge in [-0.2, -0.15) is 0 Å². The van der Waals surface area contributed by atoms with Crippen LogP contribution in [0.5, 0.6) is 11.5 Å². The monoisotopic (exact) mass is 295 g/mol. The first-order valence-corrected chi connectivity index (χ1v) is 6.44. The molecule has 0 aromatic heterocycles. The van der Waals surface area contributed by atoms with E-state index in [4.69, 9.17) is 20.9 Å². The highest BCUT2D eigenvalue weighted by Crippen LogP contribution is 2.33. The molecule has 2 unspecified atom stereocenters. The van der Waals surface area contributed by atoms with Crippen molar-refractivity contribution < 1.29 is 19.1 Å². The summed E-state index contributed by atoms with van der Waals surface area (Å²) in [6.45, 7) is 3.43. The van der Waals surface area contributed by atoms with Gasteiger partial charge < -0.3 is 26.3 Å². The topological polar surface area (TPSA) is 117 Å². The molecule has 0 saturated carbocycles. The summed E-state index contributed by atoms with van der Waals surface area (Å²) in [6.07, 6.45) is 0. The zero-order chi connectivity index (χ0) is 16.2. The second-order valence-electron chi connectivity index (χ2n) is 4.75. The Morgan fingerprint density at radius 2 is 1.67 bits per heavy atom. The highest BCUT2D eigenvalue weighted by molar-refractivity contribution is 6.04. The molecule has 1 aromatic rings. The average Bonchev–Trinajstić information content (AvgIpc) is 2.45. The number of benzene rings is 1. The number of methoxy groups -OCH3 is 2. The van der Waals surface area contributed by atoms with Crippen LogP contribution in [0.2, 0.25) is 0 Å². The van der Waals surface area contributed by atoms with Crippen LogP contribution in [0, 0.1) is 5.92 Å². The molecular weight excluding hydrogens is 274 g/mol. The van der Waals surface area contributed by atoms with Gasteiger partial charge in [0.1, 0.15) is 0 Å². The van der Waals surface area contributed by atoms with E-state index < -0.39 is 11.8 Å². The van der Waals surface area contributed by atoms with E-state index in [1.165, 1.54) is 26.4 Å². The first-order valence-electron chi connectivity index (χ1n) is 6.44. The van der Waals surface area contributed by atoms with Gasteiger partial charge in [0, 0.05) is 12.1 Å². The molecule has 0 heterocycles. The summed E-state index contributed by atoms with van der Waals surface area (Å²) in [4.78, 5) is 23.6. The molecule has 21 heavy (non-hydrogen) atoms. The average molecular weight is 295 g/mol. The SMILES string of the molecule is COc1cc(NC(=O)C(C)C(C)N)c(C(N)=O)cc1OC. The van der Waals surface area contributed by atoms with Gasteiger partial charge in [0.25, 0.3) is 5.91 Å². The number of primary amides is 1. The smallest absolute Gasteiger partial charge is 0.250 e. The van der Waals surface area contributed by atoms with E-state index in [0.717, 1.165) is 0 Å². The number of amides is 2. The van der Waals surface area contributed by atoms with Crippen molar-refractivity contribution in [1.82, 2.24) is 0 Å². The first kappa shape index (κ1) is 16.8. The Balaban J connectivity index is 3.21. The zero-order valence-corrected chi connectivity index (χ0v) is 12.6. The van der Waals surface area contributed by atoms with Crippen LogP contribution in [-0.4, -0.2) is 32.1 Å². The summed E-state index contributed by atoms with van der Waals surface area (Å²) in [7, 11) is 2.90. The van der Waals surface area contributed by atoms with Crippen molar-refractivity contribution in [3.05, 3.63) is 17.7 Å². The van der Waals surface area contributed by atoms with Crippen molar-refractivity contribution in [3.63, 3.8) is 0 Å². The minimum absolute atomic E-state index is 0.137. The van der Waals surface area contributed by atoms with Crippen LogP contribution in [0.1, 0.15) is 24.2 Å². The van der Waals surface area contributed by atoms with Crippen molar-refractivity contribution in [2.24, 2.45) is 17.4 Å². The van der Waals surface area contributed by atoms with Crippen LogP contribution in [-0.2, 0) is 4.79 Å². The van der Waals surface area contributed by atoms with E-state index in [1.807, 2.05) is 0 Å². The van der Waals surface area contributed by atoms with Crippen molar-refractivity contribution in [3.8, 4) is 11.5 Å². The van der Waals surface area contributed by atoms with Crippen molar-refractivity contribution in [1.29, 1.82) is 0 Å². The molecule has 2 atom stereocenters. The molecule has 7 heteroatoms. The van der Waals surface area contributed by atoms with Gasteiger partial charge in [-0.25, -0.2) is 0 Å². The number of nitrogens with one attached hydrogen (secondary N) is 1. The van der Waals surface area contributed by atoms with Gasteiger partial charge in [-0.3, -0.25) is 9.59 Å². The first-order chi connectivity index (χ1) is 9.81. The summed E-state index contributed by atoms with van der Waals surface area (Å²) in [5.74, 6) is -0.672. The highest BCUT2D eigenvalue weighted by Gasteiger charge is 2.21. The van der Waals surface area contributed by atoms with Gasteiger partial charge in [-0.15, -0.1) is 0 Å². The van der Waals surface area contributed by atoms with Gasteiger partial charge in [0.15, 0.2) is 11.5 Å². The van der Waals surface area contributed by atoms with Crippen molar-refractivity contribution in [2.45, 2.75) is 19.9 Å². The summed E-state index contributed by atoms with van der Waals surface area (Å²) in [5, 5.41) is 2.64. The Bertz CT molecular complexity index is 543. The van der Waals surface area contributed by atoms with Gasteiger partial charge >= 0.3 is 0 Å². The van der Waals surface area contributed by atoms with E-state index in [1.54, 1.807) is 13.8 Å². The molecule has 0 saturated heterocycles. The van der Waals surface area contributed by atoms with Gasteiger partial charge in [0.05, 0.1) is 31.4 Å². The molecule has 2 amide bonds. The fourth-order valence-corrected chi connectivity index (χ4v) is 1.67. The number of anilines is 1. The Labute approximate surface area is 123 Å². The molecule has 116 valence electrons. The zero-order valence-electron chi connectivity index (χ0n) is 12.6.